The van der Waals surface area contributed by atoms with Crippen LogP contribution in [0.15, 0.2) is 16.6 Å². The van der Waals surface area contributed by atoms with Crippen LogP contribution in [0.3, 0.4) is 0 Å². The molecule has 1 fully saturated rings. The third-order valence-corrected chi connectivity index (χ3v) is 3.48. The van der Waals surface area contributed by atoms with Gasteiger partial charge in [0.15, 0.2) is 0 Å². The van der Waals surface area contributed by atoms with Gasteiger partial charge in [0.25, 0.3) is 0 Å². The van der Waals surface area contributed by atoms with Gasteiger partial charge < -0.3 is 11.1 Å². The maximum Gasteiger partial charge on any atom is 0.0402 e. The van der Waals surface area contributed by atoms with E-state index in [0.717, 1.165) is 17.3 Å². The van der Waals surface area contributed by atoms with Gasteiger partial charge in [-0.25, -0.2) is 0 Å². The van der Waals surface area contributed by atoms with Gasteiger partial charge in [0.2, 0.25) is 0 Å². The number of rotatable bonds is 2. The van der Waals surface area contributed by atoms with Crippen molar-refractivity contribution in [3.63, 3.8) is 0 Å². The summed E-state index contributed by atoms with van der Waals surface area (Å²) >= 11 is 3.51. The van der Waals surface area contributed by atoms with E-state index in [9.17, 15) is 0 Å². The Morgan fingerprint density at radius 1 is 1.27 bits per heavy atom. The van der Waals surface area contributed by atoms with E-state index in [1.807, 2.05) is 0 Å². The zero-order chi connectivity index (χ0) is 11.0. The first kappa shape index (κ1) is 11.0. The fourth-order valence-corrected chi connectivity index (χ4v) is 2.81. The van der Waals surface area contributed by atoms with Crippen LogP contribution in [-0.2, 0) is 0 Å². The van der Waals surface area contributed by atoms with Crippen molar-refractivity contribution in [2.24, 2.45) is 5.73 Å². The Morgan fingerprint density at radius 2 is 1.80 bits per heavy atom. The maximum absolute atomic E-state index is 5.78. The molecule has 1 aromatic rings. The molecule has 3 heteroatoms. The van der Waals surface area contributed by atoms with Crippen LogP contribution in [-0.4, -0.2) is 12.1 Å². The van der Waals surface area contributed by atoms with Crippen LogP contribution in [0.5, 0.6) is 0 Å². The third-order valence-electron chi connectivity index (χ3n) is 3.02. The van der Waals surface area contributed by atoms with Gasteiger partial charge in [0.1, 0.15) is 0 Å². The summed E-state index contributed by atoms with van der Waals surface area (Å²) in [6, 6.07) is 5.26. The molecular weight excluding hydrogens is 252 g/mol. The fourth-order valence-electron chi connectivity index (χ4n) is 2.12. The van der Waals surface area contributed by atoms with Crippen LogP contribution in [0.25, 0.3) is 0 Å². The normalized spacial score (nSPS) is 24.8. The lowest BCUT2D eigenvalue weighted by atomic mass is 9.87. The molecule has 1 aromatic carbocycles. The van der Waals surface area contributed by atoms with Gasteiger partial charge in [0, 0.05) is 22.2 Å². The molecule has 0 atom stereocenters. The monoisotopic (exact) mass is 268 g/mol. The molecule has 3 N–H and O–H groups in total. The van der Waals surface area contributed by atoms with E-state index in [0.29, 0.717) is 12.1 Å². The highest BCUT2D eigenvalue weighted by Crippen LogP contribution is 2.29. The van der Waals surface area contributed by atoms with Crippen molar-refractivity contribution in [1.29, 1.82) is 0 Å². The number of anilines is 1. The molecule has 0 aromatic heterocycles. The molecule has 0 aliphatic heterocycles. The number of hydrogen-bond donors (Lipinski definition) is 2. The van der Waals surface area contributed by atoms with Crippen molar-refractivity contribution in [2.75, 3.05) is 5.32 Å². The first-order chi connectivity index (χ1) is 7.06. The van der Waals surface area contributed by atoms with E-state index >= 15 is 0 Å². The number of benzene rings is 1. The molecule has 2 nitrogen and oxygen atoms in total. The van der Waals surface area contributed by atoms with Gasteiger partial charge in [-0.15, -0.1) is 0 Å². The van der Waals surface area contributed by atoms with E-state index in [2.05, 4.69) is 47.2 Å². The molecule has 82 valence electrons. The van der Waals surface area contributed by atoms with Crippen molar-refractivity contribution >= 4 is 21.6 Å². The second-order valence-corrected chi connectivity index (χ2v) is 5.40. The average molecular weight is 269 g/mol. The second kappa shape index (κ2) is 4.14. The van der Waals surface area contributed by atoms with Crippen LogP contribution in [0.2, 0.25) is 0 Å². The Kier molecular flexibility index (Phi) is 3.03. The molecule has 15 heavy (non-hydrogen) atoms. The molecule has 0 amide bonds. The zero-order valence-corrected chi connectivity index (χ0v) is 10.8. The van der Waals surface area contributed by atoms with Gasteiger partial charge >= 0.3 is 0 Å². The lowest BCUT2D eigenvalue weighted by Gasteiger charge is -2.34. The minimum absolute atomic E-state index is 0.401. The molecule has 0 radical (unpaired) electrons. The molecule has 2 rings (SSSR count). The molecule has 0 saturated heterocycles. The highest BCUT2D eigenvalue weighted by atomic mass is 79.9. The van der Waals surface area contributed by atoms with E-state index < -0.39 is 0 Å². The summed E-state index contributed by atoms with van der Waals surface area (Å²) < 4.78 is 1.15. The molecule has 0 heterocycles. The topological polar surface area (TPSA) is 38.0 Å². The molecule has 1 saturated carbocycles. The van der Waals surface area contributed by atoms with Gasteiger partial charge in [-0.1, -0.05) is 15.9 Å². The van der Waals surface area contributed by atoms with Crippen LogP contribution >= 0.6 is 15.9 Å². The Morgan fingerprint density at radius 3 is 2.27 bits per heavy atom. The Labute approximate surface area is 99.4 Å². The lowest BCUT2D eigenvalue weighted by molar-refractivity contribution is 0.373. The predicted octanol–water partition coefficient (Wildman–Crippen LogP) is 2.97. The second-order valence-electron chi connectivity index (χ2n) is 4.49. The van der Waals surface area contributed by atoms with Crippen LogP contribution in [0, 0.1) is 13.8 Å². The number of halogens is 1. The molecule has 0 unspecified atom stereocenters. The third kappa shape index (κ3) is 2.34. The summed E-state index contributed by atoms with van der Waals surface area (Å²) in [7, 11) is 0. The fraction of sp³-hybridized carbons (Fsp3) is 0.500. The average Bonchev–Trinajstić information content (AvgIpc) is 2.07. The van der Waals surface area contributed by atoms with Crippen molar-refractivity contribution in [3.05, 3.63) is 27.7 Å². The van der Waals surface area contributed by atoms with E-state index in [4.69, 9.17) is 5.73 Å². The Hall–Kier alpha value is -0.540. The number of hydrogen-bond acceptors (Lipinski definition) is 2. The molecule has 0 bridgehead atoms. The first-order valence-corrected chi connectivity index (χ1v) is 6.14. The number of nitrogens with one attached hydrogen (secondary N) is 1. The van der Waals surface area contributed by atoms with Gasteiger partial charge in [-0.2, -0.15) is 0 Å². The van der Waals surface area contributed by atoms with Crippen LogP contribution in [0.4, 0.5) is 5.69 Å². The SMILES string of the molecule is Cc1cc(Br)cc(C)c1NC1CC(N)C1. The largest absolute Gasteiger partial charge is 0.382 e. The van der Waals surface area contributed by atoms with E-state index in [1.54, 1.807) is 0 Å². The highest BCUT2D eigenvalue weighted by molar-refractivity contribution is 9.10. The molecule has 1 aliphatic rings. The summed E-state index contributed by atoms with van der Waals surface area (Å²) in [6.45, 7) is 4.28. The summed E-state index contributed by atoms with van der Waals surface area (Å²) in [5.41, 5.74) is 9.64. The minimum atomic E-state index is 0.401. The zero-order valence-electron chi connectivity index (χ0n) is 9.18. The molecule has 1 aliphatic carbocycles. The standard InChI is InChI=1S/C12H17BrN2/c1-7-3-9(13)4-8(2)12(7)15-11-5-10(14)6-11/h3-4,10-11,15H,5-6,14H2,1-2H3. The van der Waals surface area contributed by atoms with Crippen molar-refractivity contribution in [2.45, 2.75) is 38.8 Å². The lowest BCUT2D eigenvalue weighted by Crippen LogP contribution is -2.44. The molecule has 0 spiro atoms. The Bertz CT molecular complexity index is 347. The van der Waals surface area contributed by atoms with Crippen molar-refractivity contribution in [3.8, 4) is 0 Å². The van der Waals surface area contributed by atoms with Crippen LogP contribution in [0.1, 0.15) is 24.0 Å². The van der Waals surface area contributed by atoms with Crippen molar-refractivity contribution in [1.82, 2.24) is 0 Å². The minimum Gasteiger partial charge on any atom is -0.382 e. The van der Waals surface area contributed by atoms with Gasteiger partial charge in [0.05, 0.1) is 0 Å². The number of nitrogens with two attached hydrogens (primary N) is 1. The summed E-state index contributed by atoms with van der Waals surface area (Å²) in [6.07, 6.45) is 2.18. The molecular formula is C12H17BrN2. The summed E-state index contributed by atoms with van der Waals surface area (Å²) in [5.74, 6) is 0. The van der Waals surface area contributed by atoms with Crippen molar-refractivity contribution < 1.29 is 0 Å². The Balaban J connectivity index is 2.14. The van der Waals surface area contributed by atoms with E-state index in [-0.39, 0.29) is 0 Å². The van der Waals surface area contributed by atoms with Gasteiger partial charge in [-0.05, 0) is 49.9 Å². The quantitative estimate of drug-likeness (QED) is 0.866. The smallest absolute Gasteiger partial charge is 0.0402 e. The summed E-state index contributed by atoms with van der Waals surface area (Å²) in [4.78, 5) is 0. The van der Waals surface area contributed by atoms with Gasteiger partial charge in [-0.3, -0.25) is 0 Å². The summed E-state index contributed by atoms with van der Waals surface area (Å²) in [5, 5.41) is 3.57. The predicted molar refractivity (Wildman–Crippen MR) is 68.2 cm³/mol. The van der Waals surface area contributed by atoms with E-state index in [1.165, 1.54) is 16.8 Å². The first-order valence-electron chi connectivity index (χ1n) is 5.35. The highest BCUT2D eigenvalue weighted by Gasteiger charge is 2.26. The maximum atomic E-state index is 5.78. The van der Waals surface area contributed by atoms with Crippen LogP contribution < -0.4 is 11.1 Å². The number of aryl methyl sites for hydroxylation is 2.